The highest BCUT2D eigenvalue weighted by Gasteiger charge is 2.45. The minimum absolute atomic E-state index is 0.00724. The molecule has 3 aliphatic rings. The standard InChI is InChI=1S/C33H34ClFN6O2/c1-19-21(16-36)12-22(17-37)41(19)31-26-15-27(34)28(25-14-23(42)13-20-6-2-3-7-24(20)25)29(35)30(26)38-32(39-31)43-18-33-8-4-10-40(33)11-5-9-33/h2-3,6-7,13-15,19,21-22,42H,4-5,8-12,17-18,37H2,1H3. The molecule has 222 valence electrons. The van der Waals surface area contributed by atoms with Crippen LogP contribution < -0.4 is 15.4 Å². The van der Waals surface area contributed by atoms with Crippen LogP contribution in [-0.2, 0) is 0 Å². The van der Waals surface area contributed by atoms with E-state index in [1.807, 2.05) is 36.1 Å². The lowest BCUT2D eigenvalue weighted by molar-refractivity contribution is 0.108. The number of ether oxygens (including phenoxy) is 1. The van der Waals surface area contributed by atoms with E-state index in [4.69, 9.17) is 27.1 Å². The highest BCUT2D eigenvalue weighted by Crippen LogP contribution is 2.45. The summed E-state index contributed by atoms with van der Waals surface area (Å²) in [5, 5.41) is 22.5. The zero-order valence-electron chi connectivity index (χ0n) is 24.1. The van der Waals surface area contributed by atoms with Crippen LogP contribution in [-0.4, -0.2) is 63.8 Å². The van der Waals surface area contributed by atoms with Gasteiger partial charge in [0.15, 0.2) is 5.82 Å². The summed E-state index contributed by atoms with van der Waals surface area (Å²) >= 11 is 6.87. The molecule has 3 fully saturated rings. The number of anilines is 1. The Morgan fingerprint density at radius 3 is 2.67 bits per heavy atom. The number of benzene rings is 3. The van der Waals surface area contributed by atoms with Crippen LogP contribution in [0.25, 0.3) is 32.8 Å². The van der Waals surface area contributed by atoms with Crippen molar-refractivity contribution in [1.29, 1.82) is 5.26 Å². The van der Waals surface area contributed by atoms with Crippen LogP contribution in [0.1, 0.15) is 39.0 Å². The van der Waals surface area contributed by atoms with E-state index in [1.54, 1.807) is 12.1 Å². The molecule has 0 bridgehead atoms. The topological polar surface area (TPSA) is 112 Å². The zero-order chi connectivity index (χ0) is 29.9. The fourth-order valence-electron chi connectivity index (χ4n) is 7.70. The van der Waals surface area contributed by atoms with Gasteiger partial charge in [0.1, 0.15) is 23.7 Å². The number of aromatic nitrogens is 2. The number of rotatable bonds is 6. The molecule has 7 rings (SSSR count). The summed E-state index contributed by atoms with van der Waals surface area (Å²) in [5.41, 5.74) is 6.83. The first-order valence-electron chi connectivity index (χ1n) is 15.0. The van der Waals surface area contributed by atoms with Gasteiger partial charge in [-0.15, -0.1) is 0 Å². The van der Waals surface area contributed by atoms with Gasteiger partial charge in [0.2, 0.25) is 0 Å². The van der Waals surface area contributed by atoms with Gasteiger partial charge in [-0.2, -0.15) is 15.2 Å². The van der Waals surface area contributed by atoms with Gasteiger partial charge in [0.25, 0.3) is 0 Å². The molecule has 43 heavy (non-hydrogen) atoms. The second-order valence-corrected chi connectivity index (χ2v) is 12.6. The zero-order valence-corrected chi connectivity index (χ0v) is 24.8. The van der Waals surface area contributed by atoms with Gasteiger partial charge in [0.05, 0.1) is 22.5 Å². The number of phenolic OH excluding ortho intramolecular Hbond substituents is 1. The number of halogens is 2. The maximum absolute atomic E-state index is 16.9. The van der Waals surface area contributed by atoms with Crippen molar-refractivity contribution in [3.8, 4) is 29.0 Å². The molecular formula is C33H34ClFN6O2. The third-order valence-electron chi connectivity index (χ3n) is 9.86. The Hall–Kier alpha value is -3.71. The Kier molecular flexibility index (Phi) is 7.04. The molecule has 4 heterocycles. The fraction of sp³-hybridized carbons (Fsp3) is 0.424. The van der Waals surface area contributed by atoms with Crippen LogP contribution in [0.2, 0.25) is 5.02 Å². The van der Waals surface area contributed by atoms with Gasteiger partial charge in [-0.25, -0.2) is 4.39 Å². The molecular weight excluding hydrogens is 567 g/mol. The third-order valence-corrected chi connectivity index (χ3v) is 10.2. The van der Waals surface area contributed by atoms with E-state index in [9.17, 15) is 10.4 Å². The van der Waals surface area contributed by atoms with Crippen molar-refractivity contribution in [2.75, 3.05) is 31.1 Å². The summed E-state index contributed by atoms with van der Waals surface area (Å²) in [7, 11) is 0. The molecule has 0 spiro atoms. The average molecular weight is 601 g/mol. The summed E-state index contributed by atoms with van der Waals surface area (Å²) in [5.74, 6) is -0.416. The summed E-state index contributed by atoms with van der Waals surface area (Å²) < 4.78 is 23.2. The van der Waals surface area contributed by atoms with Crippen molar-refractivity contribution >= 4 is 39.1 Å². The molecule has 0 aliphatic carbocycles. The Morgan fingerprint density at radius 1 is 1.16 bits per heavy atom. The van der Waals surface area contributed by atoms with Crippen LogP contribution in [0, 0.1) is 23.1 Å². The second-order valence-electron chi connectivity index (χ2n) is 12.2. The molecule has 3 N–H and O–H groups in total. The monoisotopic (exact) mass is 600 g/mol. The molecule has 0 radical (unpaired) electrons. The lowest BCUT2D eigenvalue weighted by atomic mass is 9.95. The van der Waals surface area contributed by atoms with Gasteiger partial charge < -0.3 is 20.5 Å². The molecule has 3 unspecified atom stereocenters. The molecule has 1 aromatic heterocycles. The number of hydrogen-bond acceptors (Lipinski definition) is 8. The lowest BCUT2D eigenvalue weighted by Crippen LogP contribution is -2.43. The predicted octanol–water partition coefficient (Wildman–Crippen LogP) is 6.02. The quantitative estimate of drug-likeness (QED) is 0.276. The molecule has 0 saturated carbocycles. The van der Waals surface area contributed by atoms with Crippen LogP contribution >= 0.6 is 11.6 Å². The minimum Gasteiger partial charge on any atom is -0.508 e. The number of fused-ring (bicyclic) bond motifs is 3. The first kappa shape index (κ1) is 28.1. The molecule has 3 saturated heterocycles. The van der Waals surface area contributed by atoms with Crippen LogP contribution in [0.4, 0.5) is 10.2 Å². The van der Waals surface area contributed by atoms with Crippen molar-refractivity contribution < 1.29 is 14.2 Å². The van der Waals surface area contributed by atoms with Crippen molar-refractivity contribution in [2.24, 2.45) is 11.7 Å². The van der Waals surface area contributed by atoms with E-state index in [2.05, 4.69) is 16.0 Å². The molecule has 10 heteroatoms. The summed E-state index contributed by atoms with van der Waals surface area (Å²) in [6, 6.07) is 14.4. The van der Waals surface area contributed by atoms with Crippen molar-refractivity contribution in [1.82, 2.24) is 14.9 Å². The lowest BCUT2D eigenvalue weighted by Gasteiger charge is -2.32. The number of nitrogens with two attached hydrogens (primary N) is 1. The predicted molar refractivity (Wildman–Crippen MR) is 166 cm³/mol. The van der Waals surface area contributed by atoms with E-state index in [1.165, 1.54) is 6.07 Å². The van der Waals surface area contributed by atoms with E-state index in [-0.39, 0.29) is 51.4 Å². The highest BCUT2D eigenvalue weighted by atomic mass is 35.5. The van der Waals surface area contributed by atoms with E-state index in [0.29, 0.717) is 36.3 Å². The molecule has 8 nitrogen and oxygen atoms in total. The van der Waals surface area contributed by atoms with Gasteiger partial charge in [-0.1, -0.05) is 35.9 Å². The molecule has 3 aromatic carbocycles. The fourth-order valence-corrected chi connectivity index (χ4v) is 7.99. The minimum atomic E-state index is -0.624. The van der Waals surface area contributed by atoms with E-state index >= 15 is 4.39 Å². The number of nitriles is 1. The Balaban J connectivity index is 1.42. The maximum atomic E-state index is 16.9. The summed E-state index contributed by atoms with van der Waals surface area (Å²) in [4.78, 5) is 14.0. The summed E-state index contributed by atoms with van der Waals surface area (Å²) in [6.07, 6.45) is 4.93. The SMILES string of the molecule is CC1C(C#N)CC(CN)N1c1nc(OCC23CCCN2CCC3)nc2c(F)c(-c3cc(O)cc4ccccc34)c(Cl)cc12. The highest BCUT2D eigenvalue weighted by molar-refractivity contribution is 6.35. The van der Waals surface area contributed by atoms with Crippen molar-refractivity contribution in [3.05, 3.63) is 53.3 Å². The number of phenols is 1. The number of nitrogens with zero attached hydrogens (tertiary/aromatic N) is 5. The largest absolute Gasteiger partial charge is 0.508 e. The molecule has 3 atom stereocenters. The smallest absolute Gasteiger partial charge is 0.319 e. The average Bonchev–Trinajstić information content (AvgIpc) is 3.68. The molecule has 0 amide bonds. The first-order chi connectivity index (χ1) is 20.8. The van der Waals surface area contributed by atoms with E-state index in [0.717, 1.165) is 49.5 Å². The summed E-state index contributed by atoms with van der Waals surface area (Å²) in [6.45, 7) is 4.82. The van der Waals surface area contributed by atoms with Gasteiger partial charge in [-0.3, -0.25) is 4.90 Å². The van der Waals surface area contributed by atoms with Crippen molar-refractivity contribution in [2.45, 2.75) is 56.7 Å². The number of hydrogen-bond donors (Lipinski definition) is 2. The van der Waals surface area contributed by atoms with Gasteiger partial charge in [-0.05, 0) is 86.7 Å². The van der Waals surface area contributed by atoms with Crippen LogP contribution in [0.3, 0.4) is 0 Å². The Morgan fingerprint density at radius 2 is 1.93 bits per heavy atom. The van der Waals surface area contributed by atoms with E-state index < -0.39 is 5.82 Å². The van der Waals surface area contributed by atoms with Gasteiger partial charge in [0, 0.05) is 29.6 Å². The van der Waals surface area contributed by atoms with Gasteiger partial charge >= 0.3 is 6.01 Å². The third kappa shape index (κ3) is 4.55. The Bertz CT molecular complexity index is 1770. The second kappa shape index (κ2) is 10.8. The Labute approximate surface area is 254 Å². The molecule has 3 aliphatic heterocycles. The maximum Gasteiger partial charge on any atom is 0.319 e. The van der Waals surface area contributed by atoms with Crippen LogP contribution in [0.15, 0.2) is 42.5 Å². The van der Waals surface area contributed by atoms with Crippen molar-refractivity contribution in [3.63, 3.8) is 0 Å². The van der Waals surface area contributed by atoms with Crippen LogP contribution in [0.5, 0.6) is 11.8 Å². The first-order valence-corrected chi connectivity index (χ1v) is 15.4. The normalized spacial score (nSPS) is 23.2. The number of aromatic hydroxyl groups is 1. The molecule has 4 aromatic rings.